The maximum Gasteiger partial charge on any atom is 0.243 e. The van der Waals surface area contributed by atoms with Gasteiger partial charge in [-0.15, -0.1) is 0 Å². The maximum absolute atomic E-state index is 14.0. The second-order valence-corrected chi connectivity index (χ2v) is 11.9. The summed E-state index contributed by atoms with van der Waals surface area (Å²) in [6.07, 6.45) is 10.5. The van der Waals surface area contributed by atoms with Crippen molar-refractivity contribution in [3.05, 3.63) is 82.9 Å². The van der Waals surface area contributed by atoms with Crippen molar-refractivity contribution >= 4 is 35.2 Å². The maximum atomic E-state index is 14.0. The van der Waals surface area contributed by atoms with Crippen LogP contribution in [0.1, 0.15) is 62.5 Å². The summed E-state index contributed by atoms with van der Waals surface area (Å²) in [5.74, 6) is -1.53. The Morgan fingerprint density at radius 3 is 2.22 bits per heavy atom. The van der Waals surface area contributed by atoms with Gasteiger partial charge in [-0.3, -0.25) is 24.1 Å². The van der Waals surface area contributed by atoms with E-state index in [1.165, 1.54) is 11.3 Å². The Morgan fingerprint density at radius 1 is 0.902 bits per heavy atom. The molecule has 2 aromatic carbocycles. The Kier molecular flexibility index (Phi) is 9.55. The SMILES string of the molecule is O=C(NC1CCCCC1)[C@H](Cc1ccccc1)N(Cc1cccc(Cl)c1)C(=O)CCN1C(=O)[C@H]2CC=CC[C@H]2C1=O. The fraction of sp³-hybridized carbons (Fsp3) is 0.455. The molecule has 0 bridgehead atoms. The molecule has 4 amide bonds. The normalized spacial score (nSPS) is 21.4. The molecule has 2 aromatic rings. The molecule has 3 atom stereocenters. The number of hydrogen-bond acceptors (Lipinski definition) is 4. The lowest BCUT2D eigenvalue weighted by molar-refractivity contribution is -0.144. The first-order chi connectivity index (χ1) is 19.9. The van der Waals surface area contributed by atoms with Crippen molar-refractivity contribution in [2.45, 2.75) is 76.4 Å². The Hall–Kier alpha value is -3.45. The lowest BCUT2D eigenvalue weighted by atomic mass is 9.85. The van der Waals surface area contributed by atoms with E-state index >= 15 is 0 Å². The van der Waals surface area contributed by atoms with Crippen LogP contribution in [-0.4, -0.2) is 52.1 Å². The topological polar surface area (TPSA) is 86.8 Å². The molecule has 8 heteroatoms. The largest absolute Gasteiger partial charge is 0.352 e. The number of nitrogens with one attached hydrogen (secondary N) is 1. The highest BCUT2D eigenvalue weighted by molar-refractivity contribution is 6.30. The van der Waals surface area contributed by atoms with Crippen LogP contribution in [0.25, 0.3) is 0 Å². The van der Waals surface area contributed by atoms with Gasteiger partial charge in [0.2, 0.25) is 23.6 Å². The zero-order valence-electron chi connectivity index (χ0n) is 23.3. The number of halogens is 1. The summed E-state index contributed by atoms with van der Waals surface area (Å²) in [5, 5.41) is 3.78. The van der Waals surface area contributed by atoms with Crippen molar-refractivity contribution in [1.29, 1.82) is 0 Å². The first-order valence-electron chi connectivity index (χ1n) is 14.8. The third kappa shape index (κ3) is 7.07. The van der Waals surface area contributed by atoms with Crippen LogP contribution in [0.2, 0.25) is 5.02 Å². The minimum atomic E-state index is -0.762. The van der Waals surface area contributed by atoms with Crippen LogP contribution in [0.4, 0.5) is 0 Å². The molecule has 3 aliphatic rings. The molecule has 216 valence electrons. The molecule has 1 saturated heterocycles. The Morgan fingerprint density at radius 2 is 1.56 bits per heavy atom. The number of amides is 4. The van der Waals surface area contributed by atoms with E-state index in [0.717, 1.165) is 36.8 Å². The van der Waals surface area contributed by atoms with Crippen molar-refractivity contribution in [1.82, 2.24) is 15.1 Å². The van der Waals surface area contributed by atoms with Gasteiger partial charge in [-0.05, 0) is 48.9 Å². The van der Waals surface area contributed by atoms with Gasteiger partial charge in [0.15, 0.2) is 0 Å². The number of nitrogens with zero attached hydrogens (tertiary/aromatic N) is 2. The fourth-order valence-electron chi connectivity index (χ4n) is 6.37. The summed E-state index contributed by atoms with van der Waals surface area (Å²) in [6.45, 7) is 0.198. The van der Waals surface area contributed by atoms with E-state index < -0.39 is 6.04 Å². The number of carbonyl (C=O) groups excluding carboxylic acids is 4. The van der Waals surface area contributed by atoms with E-state index in [-0.39, 0.29) is 61.0 Å². The van der Waals surface area contributed by atoms with Crippen LogP contribution in [-0.2, 0) is 32.1 Å². The van der Waals surface area contributed by atoms with Crippen LogP contribution in [0.15, 0.2) is 66.7 Å². The van der Waals surface area contributed by atoms with Gasteiger partial charge in [-0.2, -0.15) is 0 Å². The average Bonchev–Trinajstić information content (AvgIpc) is 3.23. The summed E-state index contributed by atoms with van der Waals surface area (Å²) in [4.78, 5) is 56.8. The number of imide groups is 1. The van der Waals surface area contributed by atoms with Crippen LogP contribution < -0.4 is 5.32 Å². The zero-order chi connectivity index (χ0) is 28.8. The summed E-state index contributed by atoms with van der Waals surface area (Å²) < 4.78 is 0. The average molecular weight is 576 g/mol. The highest BCUT2D eigenvalue weighted by Crippen LogP contribution is 2.35. The van der Waals surface area contributed by atoms with E-state index in [1.807, 2.05) is 54.6 Å². The number of hydrogen-bond donors (Lipinski definition) is 1. The quantitative estimate of drug-likeness (QED) is 0.316. The predicted molar refractivity (Wildman–Crippen MR) is 158 cm³/mol. The molecule has 1 heterocycles. The molecule has 1 saturated carbocycles. The summed E-state index contributed by atoms with van der Waals surface area (Å²) in [7, 11) is 0. The van der Waals surface area contributed by atoms with E-state index in [1.54, 1.807) is 17.0 Å². The summed E-state index contributed by atoms with van der Waals surface area (Å²) in [5.41, 5.74) is 1.75. The van der Waals surface area contributed by atoms with E-state index in [9.17, 15) is 19.2 Å². The lowest BCUT2D eigenvalue weighted by Gasteiger charge is -2.34. The molecule has 0 radical (unpaired) electrons. The number of carbonyl (C=O) groups is 4. The van der Waals surface area contributed by atoms with Gasteiger partial charge >= 0.3 is 0 Å². The molecule has 1 N–H and O–H groups in total. The van der Waals surface area contributed by atoms with Crippen molar-refractivity contribution in [3.8, 4) is 0 Å². The summed E-state index contributed by atoms with van der Waals surface area (Å²) in [6, 6.07) is 16.3. The standard InChI is InChI=1S/C33H38ClN3O4/c34-25-13-9-12-24(20-25)22-37(30(38)18-19-36-32(40)27-16-7-8-17-28(27)33(36)41)29(21-23-10-3-1-4-11-23)31(39)35-26-14-5-2-6-15-26/h1,3-4,7-13,20,26-29H,2,5-6,14-19,21-22H2,(H,35,39)/t27-,28+,29-/m0/s1. The smallest absolute Gasteiger partial charge is 0.243 e. The molecular formula is C33H38ClN3O4. The molecule has 5 rings (SSSR count). The van der Waals surface area contributed by atoms with Gasteiger partial charge in [0.05, 0.1) is 11.8 Å². The van der Waals surface area contributed by atoms with Crippen molar-refractivity contribution in [2.75, 3.05) is 6.54 Å². The van der Waals surface area contributed by atoms with Gasteiger partial charge in [-0.25, -0.2) is 0 Å². The molecule has 0 unspecified atom stereocenters. The van der Waals surface area contributed by atoms with E-state index in [0.29, 0.717) is 24.3 Å². The van der Waals surface area contributed by atoms with Crippen molar-refractivity contribution < 1.29 is 19.2 Å². The van der Waals surface area contributed by atoms with Crippen molar-refractivity contribution in [3.63, 3.8) is 0 Å². The first-order valence-corrected chi connectivity index (χ1v) is 15.2. The van der Waals surface area contributed by atoms with Gasteiger partial charge in [0, 0.05) is 37.0 Å². The number of benzene rings is 2. The molecular weight excluding hydrogens is 538 g/mol. The number of rotatable bonds is 10. The number of fused-ring (bicyclic) bond motifs is 1. The molecule has 1 aliphatic heterocycles. The Balaban J connectivity index is 1.39. The predicted octanol–water partition coefficient (Wildman–Crippen LogP) is 5.07. The van der Waals surface area contributed by atoms with Gasteiger partial charge in [0.1, 0.15) is 6.04 Å². The fourth-order valence-corrected chi connectivity index (χ4v) is 6.58. The first kappa shape index (κ1) is 29.1. The highest BCUT2D eigenvalue weighted by Gasteiger charge is 2.47. The zero-order valence-corrected chi connectivity index (χ0v) is 24.1. The highest BCUT2D eigenvalue weighted by atomic mass is 35.5. The third-order valence-corrected chi connectivity index (χ3v) is 8.85. The van der Waals surface area contributed by atoms with Gasteiger partial charge < -0.3 is 10.2 Å². The van der Waals surface area contributed by atoms with Crippen LogP contribution in [0.3, 0.4) is 0 Å². The molecule has 41 heavy (non-hydrogen) atoms. The molecule has 0 spiro atoms. The monoisotopic (exact) mass is 575 g/mol. The minimum absolute atomic E-state index is 0.0118. The number of allylic oxidation sites excluding steroid dienone is 2. The third-order valence-electron chi connectivity index (χ3n) is 8.61. The second kappa shape index (κ2) is 13.5. The molecule has 2 fully saturated rings. The van der Waals surface area contributed by atoms with E-state index in [2.05, 4.69) is 5.32 Å². The lowest BCUT2D eigenvalue weighted by Crippen LogP contribution is -2.53. The van der Waals surface area contributed by atoms with Crippen LogP contribution in [0, 0.1) is 11.8 Å². The summed E-state index contributed by atoms with van der Waals surface area (Å²) >= 11 is 6.28. The second-order valence-electron chi connectivity index (χ2n) is 11.4. The van der Waals surface area contributed by atoms with Gasteiger partial charge in [-0.1, -0.05) is 85.5 Å². The Labute approximate surface area is 246 Å². The van der Waals surface area contributed by atoms with E-state index in [4.69, 9.17) is 11.6 Å². The van der Waals surface area contributed by atoms with Crippen LogP contribution >= 0.6 is 11.6 Å². The Bertz CT molecular complexity index is 1260. The van der Waals surface area contributed by atoms with Gasteiger partial charge in [0.25, 0.3) is 0 Å². The molecule has 7 nitrogen and oxygen atoms in total. The molecule has 0 aromatic heterocycles. The van der Waals surface area contributed by atoms with Crippen LogP contribution in [0.5, 0.6) is 0 Å². The van der Waals surface area contributed by atoms with Crippen molar-refractivity contribution in [2.24, 2.45) is 11.8 Å². The number of likely N-dealkylation sites (tertiary alicyclic amines) is 1. The minimum Gasteiger partial charge on any atom is -0.352 e. The molecule has 2 aliphatic carbocycles.